The third kappa shape index (κ3) is 3.60. The third-order valence-electron chi connectivity index (χ3n) is 5.52. The number of nitrogens with one attached hydrogen (secondary N) is 1. The van der Waals surface area contributed by atoms with E-state index in [1.165, 1.54) is 28.5 Å². The van der Waals surface area contributed by atoms with E-state index < -0.39 is 22.2 Å². The topological polar surface area (TPSA) is 91.7 Å². The number of urea groups is 1. The molecule has 2 aliphatic carbocycles. The number of fused-ring (bicyclic) bond motifs is 2. The molecule has 0 saturated heterocycles. The Morgan fingerprint density at radius 3 is 2.86 bits per heavy atom. The Balaban J connectivity index is 1.61. The normalized spacial score (nSPS) is 19.5. The number of thiol groups is 1. The lowest BCUT2D eigenvalue weighted by Crippen LogP contribution is -2.14. The van der Waals surface area contributed by atoms with Gasteiger partial charge in [0, 0.05) is 5.69 Å². The lowest BCUT2D eigenvalue weighted by Gasteiger charge is -2.16. The van der Waals surface area contributed by atoms with Gasteiger partial charge in [-0.05, 0) is 74.1 Å². The maximum atomic E-state index is 12.6. The van der Waals surface area contributed by atoms with Crippen LogP contribution < -0.4 is 5.32 Å². The van der Waals surface area contributed by atoms with Gasteiger partial charge in [0.25, 0.3) is 0 Å². The highest BCUT2D eigenvalue weighted by atomic mass is 32.2. The smallest absolute Gasteiger partial charge is 0.353 e. The van der Waals surface area contributed by atoms with Gasteiger partial charge in [0.1, 0.15) is 14.8 Å². The van der Waals surface area contributed by atoms with Crippen LogP contribution in [0.5, 0.6) is 0 Å². The van der Waals surface area contributed by atoms with Crippen LogP contribution in [0.25, 0.3) is 0 Å². The number of hydrogen-bond donors (Lipinski definition) is 3. The average Bonchev–Trinajstić information content (AvgIpc) is 3.34. The molecule has 8 heteroatoms. The van der Waals surface area contributed by atoms with Crippen molar-refractivity contribution in [1.82, 2.24) is 4.98 Å². The number of carbonyl (C=O) groups excluding carboxylic acids is 1. The van der Waals surface area contributed by atoms with E-state index in [9.17, 15) is 14.1 Å². The highest BCUT2D eigenvalue weighted by Gasteiger charge is 2.28. The van der Waals surface area contributed by atoms with Crippen LogP contribution in [0.3, 0.4) is 0 Å². The van der Waals surface area contributed by atoms with E-state index in [2.05, 4.69) is 27.7 Å². The minimum Gasteiger partial charge on any atom is -0.383 e. The summed E-state index contributed by atoms with van der Waals surface area (Å²) in [6, 6.07) is 1.74. The lowest BCUT2D eigenvalue weighted by atomic mass is 9.96. The Morgan fingerprint density at radius 1 is 1.36 bits per heavy atom. The Bertz CT molecular complexity index is 1030. The Hall–Kier alpha value is -1.77. The molecule has 2 N–H and O–H groups in total. The van der Waals surface area contributed by atoms with Crippen LogP contribution in [0.4, 0.5) is 10.5 Å². The number of carbonyl (C=O) groups is 1. The van der Waals surface area contributed by atoms with E-state index in [0.29, 0.717) is 15.1 Å². The van der Waals surface area contributed by atoms with Gasteiger partial charge < -0.3 is 10.4 Å². The number of hydrogen-bond acceptors (Lipinski definition) is 5. The number of rotatable bonds is 3. The summed E-state index contributed by atoms with van der Waals surface area (Å²) < 4.78 is 16.8. The minimum absolute atomic E-state index is 0.388. The van der Waals surface area contributed by atoms with Crippen molar-refractivity contribution in [2.24, 2.45) is 4.36 Å². The van der Waals surface area contributed by atoms with Crippen molar-refractivity contribution in [2.75, 3.05) is 5.32 Å². The van der Waals surface area contributed by atoms with E-state index in [1.54, 1.807) is 13.8 Å². The van der Waals surface area contributed by atoms with Gasteiger partial charge in [0.2, 0.25) is 0 Å². The summed E-state index contributed by atoms with van der Waals surface area (Å²) in [6.07, 6.45) is 6.57. The molecule has 2 amide bonds. The quantitative estimate of drug-likeness (QED) is 0.651. The Kier molecular flexibility index (Phi) is 5.05. The number of aromatic nitrogens is 1. The number of aliphatic hydroxyl groups is 1. The maximum absolute atomic E-state index is 12.6. The van der Waals surface area contributed by atoms with Crippen LogP contribution in [0, 0.1) is 0 Å². The molecule has 0 fully saturated rings. The summed E-state index contributed by atoms with van der Waals surface area (Å²) in [5.74, 6) is 0.502. The van der Waals surface area contributed by atoms with Crippen molar-refractivity contribution in [3.05, 3.63) is 39.5 Å². The fourth-order valence-corrected chi connectivity index (χ4v) is 5.91. The lowest BCUT2D eigenvalue weighted by molar-refractivity contribution is 0.0783. The van der Waals surface area contributed by atoms with E-state index in [-0.39, 0.29) is 0 Å². The Labute approximate surface area is 170 Å². The predicted molar refractivity (Wildman–Crippen MR) is 112 cm³/mol. The molecule has 6 nitrogen and oxygen atoms in total. The van der Waals surface area contributed by atoms with E-state index in [0.717, 1.165) is 49.1 Å². The molecule has 1 aromatic carbocycles. The fraction of sp³-hybridized carbons (Fsp3) is 0.500. The van der Waals surface area contributed by atoms with Gasteiger partial charge in [-0.15, -0.1) is 15.7 Å². The van der Waals surface area contributed by atoms with Gasteiger partial charge in [-0.3, -0.25) is 0 Å². The molecule has 4 rings (SSSR count). The molecule has 0 bridgehead atoms. The van der Waals surface area contributed by atoms with Crippen LogP contribution in [-0.2, 0) is 35.5 Å². The zero-order valence-corrected chi connectivity index (χ0v) is 18.0. The van der Waals surface area contributed by atoms with Crippen molar-refractivity contribution in [1.29, 1.82) is 0 Å². The first-order valence-electron chi connectivity index (χ1n) is 9.60. The molecule has 0 saturated carbocycles. The standard InChI is InChI=1S/C20H25N3O3S2/c1-11-7-8-14-15(11)9-12-5-4-6-13(12)17(14)22-19(24)23-28(26)16-10-21-18(27-16)20(2,3)25/h9-11,25,28H,4-8H2,1-3H3,(H,22,24). The number of amides is 2. The van der Waals surface area contributed by atoms with Gasteiger partial charge in [-0.2, -0.15) is 0 Å². The van der Waals surface area contributed by atoms with Crippen molar-refractivity contribution in [3.8, 4) is 0 Å². The fourth-order valence-electron chi connectivity index (χ4n) is 4.09. The summed E-state index contributed by atoms with van der Waals surface area (Å²) in [7, 11) is -2.25. The molecular formula is C20H25N3O3S2. The summed E-state index contributed by atoms with van der Waals surface area (Å²) >= 11 is 1.12. The first kappa shape index (κ1) is 19.5. The highest BCUT2D eigenvalue weighted by Crippen LogP contribution is 2.43. The molecular weight excluding hydrogens is 394 g/mol. The molecule has 1 aromatic heterocycles. The monoisotopic (exact) mass is 419 g/mol. The number of nitrogens with zero attached hydrogens (tertiary/aromatic N) is 2. The largest absolute Gasteiger partial charge is 0.383 e. The van der Waals surface area contributed by atoms with E-state index in [1.807, 2.05) is 0 Å². The van der Waals surface area contributed by atoms with Crippen molar-refractivity contribution in [2.45, 2.75) is 68.6 Å². The number of anilines is 1. The zero-order chi connectivity index (χ0) is 20.1. The summed E-state index contributed by atoms with van der Waals surface area (Å²) in [5.41, 5.74) is 4.88. The summed E-state index contributed by atoms with van der Waals surface area (Å²) in [5, 5.41) is 13.4. The van der Waals surface area contributed by atoms with Crippen molar-refractivity contribution in [3.63, 3.8) is 0 Å². The van der Waals surface area contributed by atoms with Crippen molar-refractivity contribution >= 4 is 33.7 Å². The van der Waals surface area contributed by atoms with Crippen LogP contribution in [-0.4, -0.2) is 20.3 Å². The van der Waals surface area contributed by atoms with E-state index in [4.69, 9.17) is 0 Å². The SMILES string of the molecule is CC1CCc2c1cc1c(c2NC(=O)/N=[SH](=O)/c2cnc(C(C)(C)O)s2)CCC1. The van der Waals surface area contributed by atoms with Crippen LogP contribution in [0.1, 0.15) is 66.8 Å². The van der Waals surface area contributed by atoms with Gasteiger partial charge in [-0.25, -0.2) is 14.0 Å². The maximum Gasteiger partial charge on any atom is 0.353 e. The first-order valence-corrected chi connectivity index (χ1v) is 11.6. The predicted octanol–water partition coefficient (Wildman–Crippen LogP) is 4.16. The summed E-state index contributed by atoms with van der Waals surface area (Å²) in [6.45, 7) is 5.46. The second-order valence-electron chi connectivity index (χ2n) is 8.12. The van der Waals surface area contributed by atoms with Crippen LogP contribution in [0.2, 0.25) is 0 Å². The van der Waals surface area contributed by atoms with E-state index >= 15 is 0 Å². The third-order valence-corrected chi connectivity index (χ3v) is 8.23. The number of aryl methyl sites for hydroxylation is 1. The van der Waals surface area contributed by atoms with Crippen molar-refractivity contribution < 1.29 is 14.1 Å². The molecule has 150 valence electrons. The minimum atomic E-state index is -2.25. The Morgan fingerprint density at radius 2 is 2.14 bits per heavy atom. The van der Waals surface area contributed by atoms with Gasteiger partial charge in [0.15, 0.2) is 0 Å². The molecule has 2 aliphatic rings. The van der Waals surface area contributed by atoms with Crippen LogP contribution >= 0.6 is 11.3 Å². The second-order valence-corrected chi connectivity index (χ2v) is 10.7. The molecule has 0 spiro atoms. The number of benzene rings is 1. The molecule has 1 heterocycles. The first-order chi connectivity index (χ1) is 13.2. The molecule has 2 atom stereocenters. The summed E-state index contributed by atoms with van der Waals surface area (Å²) in [4.78, 5) is 16.7. The zero-order valence-electron chi connectivity index (χ0n) is 16.3. The van der Waals surface area contributed by atoms with Gasteiger partial charge >= 0.3 is 6.03 Å². The molecule has 28 heavy (non-hydrogen) atoms. The second kappa shape index (κ2) is 7.24. The molecule has 2 unspecified atom stereocenters. The van der Waals surface area contributed by atoms with Crippen LogP contribution in [0.15, 0.2) is 20.8 Å². The molecule has 0 radical (unpaired) electrons. The van der Waals surface area contributed by atoms with Gasteiger partial charge in [0.05, 0.1) is 16.8 Å². The number of thiazole rings is 1. The highest BCUT2D eigenvalue weighted by molar-refractivity contribution is 7.78. The molecule has 2 aromatic rings. The average molecular weight is 420 g/mol. The van der Waals surface area contributed by atoms with Gasteiger partial charge in [-0.1, -0.05) is 13.0 Å². The molecule has 0 aliphatic heterocycles.